The van der Waals surface area contributed by atoms with Crippen LogP contribution in [0.1, 0.15) is 30.9 Å². The molecule has 3 rings (SSSR count). The number of carbonyl (C=O) groups is 1. The second-order valence-electron chi connectivity index (χ2n) is 5.54. The molecule has 5 nitrogen and oxygen atoms in total. The molecule has 2 aromatic carbocycles. The van der Waals surface area contributed by atoms with E-state index in [1.54, 1.807) is 0 Å². The number of nitrogens with zero attached hydrogens (tertiary/aromatic N) is 3. The smallest absolute Gasteiger partial charge is 0.332 e. The third kappa shape index (κ3) is 2.83. The summed E-state index contributed by atoms with van der Waals surface area (Å²) in [5.41, 5.74) is 3.76. The van der Waals surface area contributed by atoms with Gasteiger partial charge in [0.15, 0.2) is 0 Å². The molecule has 0 aliphatic heterocycles. The summed E-state index contributed by atoms with van der Waals surface area (Å²) in [6, 6.07) is 15.4. The summed E-state index contributed by atoms with van der Waals surface area (Å²) in [7, 11) is 0. The third-order valence-electron chi connectivity index (χ3n) is 3.63. The fourth-order valence-electron chi connectivity index (χ4n) is 2.29. The lowest BCUT2D eigenvalue weighted by atomic mass is 10.0. The first-order valence-corrected chi connectivity index (χ1v) is 7.32. The topological polar surface area (TPSA) is 59.8 Å². The number of amides is 1. The largest absolute Gasteiger partial charge is 0.344 e. The number of nitrogens with one attached hydrogen (secondary N) is 1. The Kier molecular flexibility index (Phi) is 3.87. The van der Waals surface area contributed by atoms with Crippen LogP contribution >= 0.6 is 0 Å². The van der Waals surface area contributed by atoms with E-state index >= 15 is 0 Å². The van der Waals surface area contributed by atoms with Gasteiger partial charge in [-0.1, -0.05) is 55.5 Å². The molecule has 0 radical (unpaired) electrons. The average Bonchev–Trinajstić information content (AvgIpc) is 2.97. The molecule has 1 amide bonds. The number of benzene rings is 2. The first kappa shape index (κ1) is 14.3. The van der Waals surface area contributed by atoms with E-state index in [1.165, 1.54) is 10.2 Å². The van der Waals surface area contributed by atoms with E-state index in [4.69, 9.17) is 0 Å². The normalized spacial score (nSPS) is 11.0. The van der Waals surface area contributed by atoms with Gasteiger partial charge in [0.25, 0.3) is 0 Å². The molecule has 5 heteroatoms. The van der Waals surface area contributed by atoms with Gasteiger partial charge in [0, 0.05) is 6.54 Å². The van der Waals surface area contributed by atoms with Crippen LogP contribution in [0.2, 0.25) is 0 Å². The number of fused-ring (bicyclic) bond motifs is 1. The van der Waals surface area contributed by atoms with Crippen LogP contribution in [0.15, 0.2) is 48.5 Å². The highest BCUT2D eigenvalue weighted by atomic mass is 16.2. The summed E-state index contributed by atoms with van der Waals surface area (Å²) in [6.07, 6.45) is 0. The van der Waals surface area contributed by atoms with Gasteiger partial charge in [-0.05, 0) is 29.2 Å². The van der Waals surface area contributed by atoms with Crippen molar-refractivity contribution in [1.82, 2.24) is 20.3 Å². The van der Waals surface area contributed by atoms with Crippen molar-refractivity contribution in [1.29, 1.82) is 0 Å². The Bertz CT molecular complexity index is 790. The number of hydrogen-bond donors (Lipinski definition) is 1. The minimum absolute atomic E-state index is 0.276. The maximum Gasteiger partial charge on any atom is 0.344 e. The third-order valence-corrected chi connectivity index (χ3v) is 3.63. The molecule has 0 aliphatic rings. The molecule has 0 spiro atoms. The Hall–Kier alpha value is -2.69. The molecule has 0 atom stereocenters. The zero-order valence-corrected chi connectivity index (χ0v) is 12.7. The van der Waals surface area contributed by atoms with Crippen LogP contribution in [-0.2, 0) is 6.54 Å². The Morgan fingerprint density at radius 2 is 1.86 bits per heavy atom. The van der Waals surface area contributed by atoms with Gasteiger partial charge in [0.2, 0.25) is 0 Å². The lowest BCUT2D eigenvalue weighted by Crippen LogP contribution is -2.28. The van der Waals surface area contributed by atoms with Crippen LogP contribution in [0.25, 0.3) is 11.0 Å². The van der Waals surface area contributed by atoms with E-state index in [-0.39, 0.29) is 6.03 Å². The van der Waals surface area contributed by atoms with Gasteiger partial charge < -0.3 is 5.32 Å². The molecule has 0 saturated heterocycles. The number of para-hydroxylation sites is 1. The van der Waals surface area contributed by atoms with E-state index < -0.39 is 0 Å². The fourth-order valence-corrected chi connectivity index (χ4v) is 2.29. The lowest BCUT2D eigenvalue weighted by molar-refractivity contribution is 0.239. The van der Waals surface area contributed by atoms with E-state index in [9.17, 15) is 4.79 Å². The maximum absolute atomic E-state index is 12.2. The molecule has 0 saturated carbocycles. The first-order valence-electron chi connectivity index (χ1n) is 7.32. The van der Waals surface area contributed by atoms with Gasteiger partial charge in [0.1, 0.15) is 5.52 Å². The number of hydrogen-bond acceptors (Lipinski definition) is 3. The summed E-state index contributed by atoms with van der Waals surface area (Å²) in [5, 5.41) is 10.7. The summed E-state index contributed by atoms with van der Waals surface area (Å²) >= 11 is 0. The van der Waals surface area contributed by atoms with Crippen molar-refractivity contribution in [2.75, 3.05) is 0 Å². The molecule has 0 aliphatic carbocycles. The fraction of sp³-hybridized carbons (Fsp3) is 0.235. The predicted molar refractivity (Wildman–Crippen MR) is 85.7 cm³/mol. The molecule has 0 bridgehead atoms. The van der Waals surface area contributed by atoms with Gasteiger partial charge in [-0.15, -0.1) is 5.10 Å². The summed E-state index contributed by atoms with van der Waals surface area (Å²) < 4.78 is 1.29. The quantitative estimate of drug-likeness (QED) is 0.806. The zero-order chi connectivity index (χ0) is 15.5. The van der Waals surface area contributed by atoms with Crippen molar-refractivity contribution in [3.8, 4) is 0 Å². The first-order chi connectivity index (χ1) is 10.6. The van der Waals surface area contributed by atoms with Gasteiger partial charge >= 0.3 is 6.03 Å². The molecular weight excluding hydrogens is 276 g/mol. The SMILES string of the molecule is CC(C)c1ccc(CNC(=O)n2nnc3ccccc32)cc1. The van der Waals surface area contributed by atoms with Crippen LogP contribution in [0.5, 0.6) is 0 Å². The summed E-state index contributed by atoms with van der Waals surface area (Å²) in [4.78, 5) is 12.2. The molecular formula is C17H18N4O. The van der Waals surface area contributed by atoms with Crippen LogP contribution in [0.4, 0.5) is 4.79 Å². The molecule has 1 aromatic heterocycles. The zero-order valence-electron chi connectivity index (χ0n) is 12.7. The Balaban J connectivity index is 1.69. The molecule has 0 fully saturated rings. The summed E-state index contributed by atoms with van der Waals surface area (Å²) in [6.45, 7) is 4.78. The lowest BCUT2D eigenvalue weighted by Gasteiger charge is -2.08. The monoisotopic (exact) mass is 294 g/mol. The van der Waals surface area contributed by atoms with Crippen molar-refractivity contribution >= 4 is 17.1 Å². The van der Waals surface area contributed by atoms with Gasteiger partial charge in [0.05, 0.1) is 5.52 Å². The van der Waals surface area contributed by atoms with Crippen molar-refractivity contribution in [3.63, 3.8) is 0 Å². The molecule has 22 heavy (non-hydrogen) atoms. The number of carbonyl (C=O) groups excluding carboxylic acids is 1. The minimum atomic E-state index is -0.276. The predicted octanol–water partition coefficient (Wildman–Crippen LogP) is 3.31. The van der Waals surface area contributed by atoms with Crippen LogP contribution < -0.4 is 5.32 Å². The van der Waals surface area contributed by atoms with E-state index in [2.05, 4.69) is 41.6 Å². The molecule has 3 aromatic rings. The highest BCUT2D eigenvalue weighted by Crippen LogP contribution is 2.14. The Morgan fingerprint density at radius 3 is 2.59 bits per heavy atom. The van der Waals surface area contributed by atoms with Crippen molar-refractivity contribution < 1.29 is 4.79 Å². The van der Waals surface area contributed by atoms with E-state index in [0.29, 0.717) is 23.5 Å². The second kappa shape index (κ2) is 5.97. The Labute approximate surface area is 129 Å². The van der Waals surface area contributed by atoms with Gasteiger partial charge in [-0.25, -0.2) is 4.79 Å². The second-order valence-corrected chi connectivity index (χ2v) is 5.54. The van der Waals surface area contributed by atoms with E-state index in [0.717, 1.165) is 5.56 Å². The summed E-state index contributed by atoms with van der Waals surface area (Å²) in [5.74, 6) is 0.505. The van der Waals surface area contributed by atoms with Gasteiger partial charge in [-0.2, -0.15) is 4.68 Å². The highest BCUT2D eigenvalue weighted by Gasteiger charge is 2.10. The van der Waals surface area contributed by atoms with Crippen LogP contribution in [-0.4, -0.2) is 21.0 Å². The molecule has 1 heterocycles. The molecule has 1 N–H and O–H groups in total. The number of aromatic nitrogens is 3. The molecule has 112 valence electrons. The van der Waals surface area contributed by atoms with E-state index in [1.807, 2.05) is 36.4 Å². The maximum atomic E-state index is 12.2. The van der Waals surface area contributed by atoms with Crippen LogP contribution in [0, 0.1) is 0 Å². The standard InChI is InChI=1S/C17H18N4O/c1-12(2)14-9-7-13(8-10-14)11-18-17(22)21-16-6-4-3-5-15(16)19-20-21/h3-10,12H,11H2,1-2H3,(H,18,22). The van der Waals surface area contributed by atoms with Crippen molar-refractivity contribution in [2.24, 2.45) is 0 Å². The minimum Gasteiger partial charge on any atom is -0.332 e. The Morgan fingerprint density at radius 1 is 1.14 bits per heavy atom. The highest BCUT2D eigenvalue weighted by molar-refractivity contribution is 5.87. The number of rotatable bonds is 3. The van der Waals surface area contributed by atoms with Crippen LogP contribution in [0.3, 0.4) is 0 Å². The molecule has 0 unspecified atom stereocenters. The van der Waals surface area contributed by atoms with Crippen molar-refractivity contribution in [2.45, 2.75) is 26.3 Å². The van der Waals surface area contributed by atoms with Gasteiger partial charge in [-0.3, -0.25) is 0 Å². The average molecular weight is 294 g/mol. The van der Waals surface area contributed by atoms with Crippen molar-refractivity contribution in [3.05, 3.63) is 59.7 Å².